The van der Waals surface area contributed by atoms with Crippen LogP contribution in [0.2, 0.25) is 0 Å². The molecule has 0 unspecified atom stereocenters. The Morgan fingerprint density at radius 3 is 2.47 bits per heavy atom. The van der Waals surface area contributed by atoms with Crippen molar-refractivity contribution in [2.24, 2.45) is 5.92 Å². The zero-order valence-corrected chi connectivity index (χ0v) is 19.7. The number of nitrogens with zero attached hydrogens (tertiary/aromatic N) is 2. The summed E-state index contributed by atoms with van der Waals surface area (Å²) in [5, 5.41) is 0.570. The molecule has 2 aliphatic heterocycles. The van der Waals surface area contributed by atoms with E-state index in [1.54, 1.807) is 6.92 Å². The van der Waals surface area contributed by atoms with Crippen molar-refractivity contribution >= 4 is 10.9 Å². The Balaban J connectivity index is 1.47. The van der Waals surface area contributed by atoms with Crippen molar-refractivity contribution < 1.29 is 31.1 Å². The fraction of sp³-hybridized carbons (Fsp3) is 0.462. The van der Waals surface area contributed by atoms with Gasteiger partial charge in [0.2, 0.25) is 0 Å². The molecule has 3 aromatic rings. The molecule has 0 saturated carbocycles. The third-order valence-electron chi connectivity index (χ3n) is 7.17. The van der Waals surface area contributed by atoms with Crippen LogP contribution in [0.4, 0.5) is 26.3 Å². The number of benzene rings is 2. The third kappa shape index (κ3) is 4.68. The van der Waals surface area contributed by atoms with E-state index in [0.29, 0.717) is 48.2 Å². The van der Waals surface area contributed by atoms with Crippen LogP contribution < -0.4 is 4.74 Å². The molecule has 1 fully saturated rings. The number of fused-ring (bicyclic) bond motifs is 3. The fourth-order valence-corrected chi connectivity index (χ4v) is 5.44. The van der Waals surface area contributed by atoms with Crippen molar-refractivity contribution in [1.82, 2.24) is 14.8 Å². The summed E-state index contributed by atoms with van der Waals surface area (Å²) in [5.41, 5.74) is 1.24. The monoisotopic (exact) mass is 511 g/mol. The number of ether oxygens (including phenoxy) is 1. The highest BCUT2D eigenvalue weighted by molar-refractivity contribution is 5.85. The highest BCUT2D eigenvalue weighted by atomic mass is 19.3. The topological polar surface area (TPSA) is 31.5 Å². The summed E-state index contributed by atoms with van der Waals surface area (Å²) < 4.78 is 90.0. The summed E-state index contributed by atoms with van der Waals surface area (Å²) >= 11 is 0. The number of aromatic amines is 1. The summed E-state index contributed by atoms with van der Waals surface area (Å²) in [6.45, 7) is 2.58. The van der Waals surface area contributed by atoms with Gasteiger partial charge in [-0.05, 0) is 37.1 Å². The highest BCUT2D eigenvalue weighted by Crippen LogP contribution is 2.43. The lowest BCUT2D eigenvalue weighted by Gasteiger charge is -2.41. The maximum atomic E-state index is 15.4. The van der Waals surface area contributed by atoms with Gasteiger partial charge in [-0.2, -0.15) is 0 Å². The van der Waals surface area contributed by atoms with Crippen molar-refractivity contribution in [3.63, 3.8) is 0 Å². The number of aromatic nitrogens is 1. The molecular weight excluding hydrogens is 484 g/mol. The molecular formula is C26H27F6N3O. The van der Waals surface area contributed by atoms with Gasteiger partial charge in [-0.15, -0.1) is 0 Å². The van der Waals surface area contributed by atoms with Gasteiger partial charge in [0.15, 0.2) is 0 Å². The second-order valence-corrected chi connectivity index (χ2v) is 9.68. The zero-order chi connectivity index (χ0) is 25.6. The molecule has 1 N–H and O–H groups in total. The molecule has 1 aromatic heterocycles. The molecule has 0 spiro atoms. The summed E-state index contributed by atoms with van der Waals surface area (Å²) in [6.07, 6.45) is -2.39. The summed E-state index contributed by atoms with van der Waals surface area (Å²) in [5.74, 6) is -2.28. The third-order valence-corrected chi connectivity index (χ3v) is 7.17. The molecule has 10 heteroatoms. The number of H-pyrrole nitrogens is 1. The first-order valence-corrected chi connectivity index (χ1v) is 12.0. The molecule has 0 radical (unpaired) electrons. The Labute approximate surface area is 204 Å². The lowest BCUT2D eigenvalue weighted by molar-refractivity contribution is 0.0437. The van der Waals surface area contributed by atoms with Crippen molar-refractivity contribution in [2.75, 3.05) is 39.5 Å². The molecule has 1 saturated heterocycles. The number of nitrogens with one attached hydrogen (secondary N) is 1. The van der Waals surface area contributed by atoms with Crippen LogP contribution in [0.15, 0.2) is 30.3 Å². The van der Waals surface area contributed by atoms with E-state index in [1.807, 2.05) is 4.90 Å². The molecule has 194 valence electrons. The van der Waals surface area contributed by atoms with Crippen LogP contribution in [0.3, 0.4) is 0 Å². The maximum Gasteiger partial charge on any atom is 0.251 e. The molecule has 0 bridgehead atoms. The van der Waals surface area contributed by atoms with Crippen LogP contribution >= 0.6 is 0 Å². The first-order valence-electron chi connectivity index (χ1n) is 12.0. The smallest absolute Gasteiger partial charge is 0.251 e. The van der Waals surface area contributed by atoms with Gasteiger partial charge in [0.25, 0.3) is 6.43 Å². The predicted octanol–water partition coefficient (Wildman–Crippen LogP) is 5.47. The number of hydrogen-bond acceptors (Lipinski definition) is 3. The number of alkyl halides is 3. The Hall–Kier alpha value is -2.72. The SMILES string of the molecule is C[C@@H]1Cc2c([nH]c3ccc(F)cc23)[C@@H](c2c(F)cc(OCCN3CC(CF)C3)cc2F)N1CC(F)F. The first kappa shape index (κ1) is 25.0. The van der Waals surface area contributed by atoms with E-state index in [0.717, 1.165) is 12.1 Å². The highest BCUT2D eigenvalue weighted by Gasteiger charge is 2.40. The minimum atomic E-state index is -2.72. The Kier molecular flexibility index (Phi) is 6.91. The van der Waals surface area contributed by atoms with Crippen molar-refractivity contribution in [2.45, 2.75) is 31.9 Å². The van der Waals surface area contributed by atoms with Gasteiger partial charge in [-0.25, -0.2) is 22.0 Å². The number of likely N-dealkylation sites (tertiary alicyclic amines) is 1. The average Bonchev–Trinajstić information content (AvgIpc) is 3.13. The van der Waals surface area contributed by atoms with Crippen LogP contribution in [0.25, 0.3) is 10.9 Å². The van der Waals surface area contributed by atoms with E-state index >= 15 is 8.78 Å². The molecule has 36 heavy (non-hydrogen) atoms. The lowest BCUT2D eigenvalue weighted by Crippen LogP contribution is -2.49. The molecule has 3 heterocycles. The normalized spacial score (nSPS) is 21.2. The van der Waals surface area contributed by atoms with Crippen molar-refractivity contribution in [3.8, 4) is 5.75 Å². The quantitative estimate of drug-likeness (QED) is 0.408. The zero-order valence-electron chi connectivity index (χ0n) is 19.7. The Bertz CT molecular complexity index is 1220. The van der Waals surface area contributed by atoms with Gasteiger partial charge in [0, 0.05) is 65.9 Å². The Morgan fingerprint density at radius 2 is 1.81 bits per heavy atom. The van der Waals surface area contributed by atoms with E-state index in [-0.39, 0.29) is 30.5 Å². The molecule has 0 amide bonds. The average molecular weight is 512 g/mol. The van der Waals surface area contributed by atoms with Crippen molar-refractivity contribution in [1.29, 1.82) is 0 Å². The molecule has 2 aliphatic rings. The van der Waals surface area contributed by atoms with Gasteiger partial charge in [0.05, 0.1) is 19.3 Å². The standard InChI is InChI=1S/C26H27F6N3O/c1-14-6-19-18-7-16(28)2-3-22(18)33-25(19)26(35(14)13-23(31)32)24-20(29)8-17(9-21(24)30)36-5-4-34-11-15(10-27)12-34/h2-3,7-9,14-15,23,26,33H,4-6,10-13H2,1H3/t14-,26-/m1/s1. The minimum Gasteiger partial charge on any atom is -0.492 e. The van der Waals surface area contributed by atoms with Crippen LogP contribution in [0.1, 0.15) is 29.8 Å². The van der Waals surface area contributed by atoms with Gasteiger partial charge < -0.3 is 9.72 Å². The van der Waals surface area contributed by atoms with Crippen LogP contribution in [0, 0.1) is 23.4 Å². The molecule has 5 rings (SSSR count). The van der Waals surface area contributed by atoms with Crippen molar-refractivity contribution in [3.05, 3.63) is 64.6 Å². The lowest BCUT2D eigenvalue weighted by atomic mass is 9.88. The summed E-state index contributed by atoms with van der Waals surface area (Å²) in [7, 11) is 0. The van der Waals surface area contributed by atoms with Gasteiger partial charge in [-0.3, -0.25) is 14.2 Å². The van der Waals surface area contributed by atoms with Gasteiger partial charge in [0.1, 0.15) is 29.8 Å². The summed E-state index contributed by atoms with van der Waals surface area (Å²) in [6, 6.07) is 4.63. The van der Waals surface area contributed by atoms with E-state index in [1.165, 1.54) is 23.1 Å². The van der Waals surface area contributed by atoms with Crippen LogP contribution in [-0.2, 0) is 6.42 Å². The Morgan fingerprint density at radius 1 is 1.08 bits per heavy atom. The first-order chi connectivity index (χ1) is 17.2. The molecule has 0 aliphatic carbocycles. The van der Waals surface area contributed by atoms with E-state index < -0.39 is 42.5 Å². The van der Waals surface area contributed by atoms with Gasteiger partial charge in [-0.1, -0.05) is 0 Å². The molecule has 4 nitrogen and oxygen atoms in total. The largest absolute Gasteiger partial charge is 0.492 e. The number of hydrogen-bond donors (Lipinski definition) is 1. The molecule has 2 aromatic carbocycles. The second-order valence-electron chi connectivity index (χ2n) is 9.68. The predicted molar refractivity (Wildman–Crippen MR) is 124 cm³/mol. The van der Waals surface area contributed by atoms with E-state index in [4.69, 9.17) is 4.74 Å². The number of halogens is 6. The second kappa shape index (κ2) is 9.97. The molecule has 2 atom stereocenters. The fourth-order valence-electron chi connectivity index (χ4n) is 5.44. The minimum absolute atomic E-state index is 0.0143. The summed E-state index contributed by atoms with van der Waals surface area (Å²) in [4.78, 5) is 6.47. The van der Waals surface area contributed by atoms with E-state index in [9.17, 15) is 17.6 Å². The van der Waals surface area contributed by atoms with E-state index in [2.05, 4.69) is 4.98 Å². The van der Waals surface area contributed by atoms with Crippen LogP contribution in [-0.4, -0.2) is 66.7 Å². The maximum absolute atomic E-state index is 15.4. The number of rotatable bonds is 8. The van der Waals surface area contributed by atoms with Gasteiger partial charge >= 0.3 is 0 Å². The van der Waals surface area contributed by atoms with Crippen LogP contribution in [0.5, 0.6) is 5.75 Å².